The molecule has 96 valence electrons. The Bertz CT molecular complexity index is 626. The van der Waals surface area contributed by atoms with E-state index in [4.69, 9.17) is 10.5 Å². The molecule has 0 atom stereocenters. The summed E-state index contributed by atoms with van der Waals surface area (Å²) in [7, 11) is 0. The number of rotatable bonds is 2. The van der Waals surface area contributed by atoms with Gasteiger partial charge in [-0.2, -0.15) is 0 Å². The van der Waals surface area contributed by atoms with Crippen LogP contribution >= 0.6 is 0 Å². The molecule has 0 unspecified atom stereocenters. The Morgan fingerprint density at radius 1 is 1.26 bits per heavy atom. The lowest BCUT2D eigenvalue weighted by Crippen LogP contribution is -2.29. The zero-order valence-electron chi connectivity index (χ0n) is 10.2. The zero-order chi connectivity index (χ0) is 13.8. The molecule has 0 saturated heterocycles. The third-order valence-electron chi connectivity index (χ3n) is 2.40. The fourth-order valence-corrected chi connectivity index (χ4v) is 1.62. The van der Waals surface area contributed by atoms with Gasteiger partial charge in [0.15, 0.2) is 5.84 Å². The van der Waals surface area contributed by atoms with E-state index in [1.807, 2.05) is 35.6 Å². The minimum absolute atomic E-state index is 0.244. The topological polar surface area (TPSA) is 99.0 Å². The Kier molecular flexibility index (Phi) is 3.51. The van der Waals surface area contributed by atoms with Crippen molar-refractivity contribution in [2.24, 2.45) is 0 Å². The molecule has 0 spiro atoms. The molecule has 0 saturated carbocycles. The van der Waals surface area contributed by atoms with Crippen molar-refractivity contribution in [1.29, 1.82) is 5.41 Å². The van der Waals surface area contributed by atoms with Gasteiger partial charge in [0.05, 0.1) is 5.69 Å². The molecule has 1 heterocycles. The molecule has 0 fully saturated rings. The van der Waals surface area contributed by atoms with Crippen LogP contribution in [0.25, 0.3) is 11.3 Å². The number of aromatic nitrogens is 2. The van der Waals surface area contributed by atoms with Crippen LogP contribution in [0.15, 0.2) is 36.4 Å². The van der Waals surface area contributed by atoms with E-state index >= 15 is 0 Å². The van der Waals surface area contributed by atoms with Crippen molar-refractivity contribution in [1.82, 2.24) is 15.3 Å². The van der Waals surface area contributed by atoms with Crippen molar-refractivity contribution < 1.29 is 9.90 Å². The first kappa shape index (κ1) is 12.7. The number of nitrogens with one attached hydrogen (secondary N) is 2. The second-order valence-corrected chi connectivity index (χ2v) is 3.86. The highest BCUT2D eigenvalue weighted by atomic mass is 16.4. The summed E-state index contributed by atoms with van der Waals surface area (Å²) in [5.41, 5.74) is 1.78. The Hall–Kier alpha value is -2.76. The van der Waals surface area contributed by atoms with Crippen LogP contribution in [0.4, 0.5) is 4.79 Å². The standard InChI is InChI=1S/C13H12N4O2/c1-8-15-10(9-5-3-2-4-6-9)7-11(16-8)12(14)17-13(18)19/h2-7H,1H3,(H2,14,17)(H,18,19). The quantitative estimate of drug-likeness (QED) is 0.565. The number of benzene rings is 1. The van der Waals surface area contributed by atoms with E-state index in [2.05, 4.69) is 9.97 Å². The fourth-order valence-electron chi connectivity index (χ4n) is 1.62. The highest BCUT2D eigenvalue weighted by molar-refractivity contribution is 6.03. The molecule has 0 aliphatic rings. The minimum Gasteiger partial charge on any atom is -0.465 e. The third kappa shape index (κ3) is 3.12. The summed E-state index contributed by atoms with van der Waals surface area (Å²) in [6.07, 6.45) is -1.29. The largest absolute Gasteiger partial charge is 0.465 e. The van der Waals surface area contributed by atoms with E-state index in [0.717, 1.165) is 5.56 Å². The summed E-state index contributed by atoms with van der Waals surface area (Å²) in [6.45, 7) is 1.70. The smallest absolute Gasteiger partial charge is 0.410 e. The molecular formula is C13H12N4O2. The lowest BCUT2D eigenvalue weighted by molar-refractivity contribution is 0.200. The molecule has 3 N–H and O–H groups in total. The first-order chi connectivity index (χ1) is 9.06. The third-order valence-corrected chi connectivity index (χ3v) is 2.40. The van der Waals surface area contributed by atoms with E-state index in [1.165, 1.54) is 0 Å². The maximum Gasteiger partial charge on any atom is 0.410 e. The van der Waals surface area contributed by atoms with Crippen molar-refractivity contribution in [3.63, 3.8) is 0 Å². The second-order valence-electron chi connectivity index (χ2n) is 3.86. The molecule has 0 aliphatic heterocycles. The van der Waals surface area contributed by atoms with Gasteiger partial charge in [0.1, 0.15) is 11.5 Å². The summed E-state index contributed by atoms with van der Waals surface area (Å²) in [6, 6.07) is 11.0. The van der Waals surface area contributed by atoms with Gasteiger partial charge in [-0.05, 0) is 13.0 Å². The van der Waals surface area contributed by atoms with E-state index in [-0.39, 0.29) is 11.5 Å². The predicted octanol–water partition coefficient (Wildman–Crippen LogP) is 2.04. The van der Waals surface area contributed by atoms with Crippen molar-refractivity contribution >= 4 is 11.9 Å². The normalized spacial score (nSPS) is 9.95. The Labute approximate surface area is 109 Å². The van der Waals surface area contributed by atoms with Gasteiger partial charge in [0, 0.05) is 5.56 Å². The first-order valence-corrected chi connectivity index (χ1v) is 5.56. The van der Waals surface area contributed by atoms with Crippen LogP contribution in [0.1, 0.15) is 11.5 Å². The van der Waals surface area contributed by atoms with E-state index in [9.17, 15) is 4.79 Å². The van der Waals surface area contributed by atoms with Gasteiger partial charge >= 0.3 is 6.09 Å². The summed E-state index contributed by atoms with van der Waals surface area (Å²) in [5, 5.41) is 18.2. The monoisotopic (exact) mass is 256 g/mol. The van der Waals surface area contributed by atoms with Gasteiger partial charge in [-0.1, -0.05) is 30.3 Å². The Balaban J connectivity index is 2.40. The van der Waals surface area contributed by atoms with Crippen molar-refractivity contribution in [2.45, 2.75) is 6.92 Å². The van der Waals surface area contributed by atoms with E-state index in [1.54, 1.807) is 13.0 Å². The van der Waals surface area contributed by atoms with E-state index in [0.29, 0.717) is 11.5 Å². The number of carboxylic acid groups (broad SMARTS) is 1. The molecule has 6 nitrogen and oxygen atoms in total. The fraction of sp³-hybridized carbons (Fsp3) is 0.0769. The summed E-state index contributed by atoms with van der Waals surface area (Å²) >= 11 is 0. The molecule has 1 amide bonds. The summed E-state index contributed by atoms with van der Waals surface area (Å²) in [5.74, 6) is 0.212. The van der Waals surface area contributed by atoms with Crippen LogP contribution in [0.5, 0.6) is 0 Å². The van der Waals surface area contributed by atoms with Gasteiger partial charge in [0.25, 0.3) is 0 Å². The van der Waals surface area contributed by atoms with Gasteiger partial charge in [0.2, 0.25) is 0 Å². The summed E-state index contributed by atoms with van der Waals surface area (Å²) < 4.78 is 0. The molecule has 1 aromatic carbocycles. The predicted molar refractivity (Wildman–Crippen MR) is 70.2 cm³/mol. The Morgan fingerprint density at radius 3 is 2.58 bits per heavy atom. The molecule has 0 bridgehead atoms. The van der Waals surface area contributed by atoms with Crippen LogP contribution in [0.3, 0.4) is 0 Å². The van der Waals surface area contributed by atoms with Crippen LogP contribution in [0.2, 0.25) is 0 Å². The molecule has 0 radical (unpaired) electrons. The maximum atomic E-state index is 10.5. The first-order valence-electron chi connectivity index (χ1n) is 5.56. The van der Waals surface area contributed by atoms with Crippen LogP contribution in [-0.4, -0.2) is 27.0 Å². The molecule has 0 aliphatic carbocycles. The van der Waals surface area contributed by atoms with Gasteiger partial charge in [-0.3, -0.25) is 10.7 Å². The van der Waals surface area contributed by atoms with Gasteiger partial charge in [-0.15, -0.1) is 0 Å². The highest BCUT2D eigenvalue weighted by Crippen LogP contribution is 2.17. The molecule has 2 aromatic rings. The minimum atomic E-state index is -1.29. The molecule has 2 rings (SSSR count). The van der Waals surface area contributed by atoms with Gasteiger partial charge < -0.3 is 5.11 Å². The zero-order valence-corrected chi connectivity index (χ0v) is 10.2. The number of hydrogen-bond donors (Lipinski definition) is 3. The number of aryl methyl sites for hydroxylation is 1. The average molecular weight is 256 g/mol. The van der Waals surface area contributed by atoms with Crippen molar-refractivity contribution in [3.05, 3.63) is 47.9 Å². The molecule has 19 heavy (non-hydrogen) atoms. The lowest BCUT2D eigenvalue weighted by atomic mass is 10.1. The number of amidine groups is 1. The highest BCUT2D eigenvalue weighted by Gasteiger charge is 2.10. The van der Waals surface area contributed by atoms with Crippen LogP contribution in [-0.2, 0) is 0 Å². The van der Waals surface area contributed by atoms with E-state index < -0.39 is 6.09 Å². The average Bonchev–Trinajstić information content (AvgIpc) is 2.38. The van der Waals surface area contributed by atoms with Gasteiger partial charge in [-0.25, -0.2) is 14.8 Å². The number of nitrogens with zero attached hydrogens (tertiary/aromatic N) is 2. The van der Waals surface area contributed by atoms with Crippen molar-refractivity contribution in [3.8, 4) is 11.3 Å². The molecular weight excluding hydrogens is 244 g/mol. The Morgan fingerprint density at radius 2 is 1.95 bits per heavy atom. The molecule has 1 aromatic heterocycles. The molecule has 6 heteroatoms. The lowest BCUT2D eigenvalue weighted by Gasteiger charge is -2.07. The van der Waals surface area contributed by atoms with Crippen molar-refractivity contribution in [2.75, 3.05) is 0 Å². The SMILES string of the molecule is Cc1nc(C(=N)NC(=O)O)cc(-c2ccccc2)n1. The maximum absolute atomic E-state index is 10.5. The number of hydrogen-bond acceptors (Lipinski definition) is 4. The number of carbonyl (C=O) groups is 1. The number of amides is 1. The van der Waals surface area contributed by atoms with Crippen LogP contribution in [0, 0.1) is 12.3 Å². The van der Waals surface area contributed by atoms with Crippen LogP contribution < -0.4 is 5.32 Å². The summed E-state index contributed by atoms with van der Waals surface area (Å²) in [4.78, 5) is 18.9. The second kappa shape index (κ2) is 5.26.